The highest BCUT2D eigenvalue weighted by Crippen LogP contribution is 2.27. The van der Waals surface area contributed by atoms with E-state index in [1.165, 1.54) is 13.5 Å². The topological polar surface area (TPSA) is 29.5 Å². The second-order valence-electron chi connectivity index (χ2n) is 4.00. The van der Waals surface area contributed by atoms with E-state index in [0.29, 0.717) is 6.04 Å². The zero-order valence-corrected chi connectivity index (χ0v) is 8.75. The van der Waals surface area contributed by atoms with E-state index in [-0.39, 0.29) is 11.9 Å². The van der Waals surface area contributed by atoms with Gasteiger partial charge in [-0.25, -0.2) is 0 Å². The van der Waals surface area contributed by atoms with Gasteiger partial charge < -0.3 is 9.64 Å². The number of carbonyl (C=O) groups is 1. The molecule has 1 aliphatic carbocycles. The largest absolute Gasteiger partial charge is 0.469 e. The van der Waals surface area contributed by atoms with Crippen LogP contribution in [0, 0.1) is 5.92 Å². The number of hydrogen-bond donors (Lipinski definition) is 0. The number of ether oxygens (including phenoxy) is 1. The Balaban J connectivity index is 2.46. The van der Waals surface area contributed by atoms with Crippen molar-refractivity contribution < 1.29 is 9.53 Å². The molecule has 2 atom stereocenters. The molecule has 1 rings (SSSR count). The van der Waals surface area contributed by atoms with Crippen molar-refractivity contribution in [3.05, 3.63) is 0 Å². The van der Waals surface area contributed by atoms with Crippen LogP contribution in [0.4, 0.5) is 0 Å². The second-order valence-corrected chi connectivity index (χ2v) is 4.00. The van der Waals surface area contributed by atoms with E-state index in [1.807, 2.05) is 0 Å². The van der Waals surface area contributed by atoms with Gasteiger partial charge in [-0.1, -0.05) is 6.42 Å². The molecule has 0 aromatic heterocycles. The third-order valence-electron chi connectivity index (χ3n) is 2.91. The van der Waals surface area contributed by atoms with Crippen LogP contribution in [0.3, 0.4) is 0 Å². The SMILES string of the molecule is COC(=O)[C@@H]1CCC[C@H](N(C)C)C1. The first-order valence-corrected chi connectivity index (χ1v) is 4.89. The Morgan fingerprint density at radius 1 is 1.38 bits per heavy atom. The molecule has 0 aromatic rings. The number of carbonyl (C=O) groups excluding carboxylic acids is 1. The fourth-order valence-electron chi connectivity index (χ4n) is 2.01. The second kappa shape index (κ2) is 4.61. The molecule has 0 amide bonds. The van der Waals surface area contributed by atoms with E-state index in [9.17, 15) is 4.79 Å². The summed E-state index contributed by atoms with van der Waals surface area (Å²) in [5.41, 5.74) is 0. The van der Waals surface area contributed by atoms with Gasteiger partial charge >= 0.3 is 5.97 Å². The molecule has 0 heterocycles. The van der Waals surface area contributed by atoms with Gasteiger partial charge in [0.15, 0.2) is 0 Å². The van der Waals surface area contributed by atoms with Crippen LogP contribution < -0.4 is 0 Å². The van der Waals surface area contributed by atoms with E-state index in [1.54, 1.807) is 0 Å². The molecule has 3 nitrogen and oxygen atoms in total. The van der Waals surface area contributed by atoms with Crippen molar-refractivity contribution in [2.24, 2.45) is 5.92 Å². The van der Waals surface area contributed by atoms with Crippen molar-refractivity contribution in [3.63, 3.8) is 0 Å². The average molecular weight is 185 g/mol. The fraction of sp³-hybridized carbons (Fsp3) is 0.900. The maximum absolute atomic E-state index is 11.3. The van der Waals surface area contributed by atoms with Crippen LogP contribution in [0.1, 0.15) is 25.7 Å². The van der Waals surface area contributed by atoms with E-state index < -0.39 is 0 Å². The van der Waals surface area contributed by atoms with E-state index >= 15 is 0 Å². The molecule has 0 bridgehead atoms. The third kappa shape index (κ3) is 2.69. The number of rotatable bonds is 2. The summed E-state index contributed by atoms with van der Waals surface area (Å²) in [5, 5.41) is 0. The van der Waals surface area contributed by atoms with Gasteiger partial charge in [-0.15, -0.1) is 0 Å². The number of esters is 1. The summed E-state index contributed by atoms with van der Waals surface area (Å²) in [4.78, 5) is 13.5. The molecule has 0 spiro atoms. The predicted octanol–water partition coefficient (Wildman–Crippen LogP) is 1.28. The van der Waals surface area contributed by atoms with Gasteiger partial charge in [-0.05, 0) is 33.4 Å². The van der Waals surface area contributed by atoms with Crippen molar-refractivity contribution in [1.29, 1.82) is 0 Å². The molecule has 13 heavy (non-hydrogen) atoms. The van der Waals surface area contributed by atoms with Crippen molar-refractivity contribution in [2.75, 3.05) is 21.2 Å². The van der Waals surface area contributed by atoms with Crippen LogP contribution in [0.2, 0.25) is 0 Å². The molecule has 1 saturated carbocycles. The summed E-state index contributed by atoms with van der Waals surface area (Å²) < 4.78 is 4.76. The predicted molar refractivity (Wildman–Crippen MR) is 51.4 cm³/mol. The Kier molecular flexibility index (Phi) is 3.72. The molecule has 0 unspecified atom stereocenters. The molecule has 0 aromatic carbocycles. The molecular weight excluding hydrogens is 166 g/mol. The van der Waals surface area contributed by atoms with Crippen molar-refractivity contribution in [2.45, 2.75) is 31.7 Å². The Hall–Kier alpha value is -0.570. The Bertz CT molecular complexity index is 180. The Morgan fingerprint density at radius 3 is 2.62 bits per heavy atom. The summed E-state index contributed by atoms with van der Waals surface area (Å²) in [7, 11) is 5.62. The first kappa shape index (κ1) is 10.5. The first-order valence-electron chi connectivity index (χ1n) is 4.89. The molecule has 1 aliphatic rings. The molecular formula is C10H19NO2. The van der Waals surface area contributed by atoms with E-state index in [2.05, 4.69) is 19.0 Å². The van der Waals surface area contributed by atoms with E-state index in [4.69, 9.17) is 4.74 Å². The smallest absolute Gasteiger partial charge is 0.308 e. The quantitative estimate of drug-likeness (QED) is 0.607. The Labute approximate surface area is 80.1 Å². The van der Waals surface area contributed by atoms with Crippen molar-refractivity contribution in [3.8, 4) is 0 Å². The van der Waals surface area contributed by atoms with E-state index in [0.717, 1.165) is 19.3 Å². The molecule has 0 N–H and O–H groups in total. The highest BCUT2D eigenvalue weighted by Gasteiger charge is 2.28. The molecule has 1 fully saturated rings. The van der Waals surface area contributed by atoms with Crippen LogP contribution in [0.15, 0.2) is 0 Å². The monoisotopic (exact) mass is 185 g/mol. The summed E-state index contributed by atoms with van der Waals surface area (Å²) in [5.74, 6) is 0.0951. The number of hydrogen-bond acceptors (Lipinski definition) is 3. The van der Waals surface area contributed by atoms with Crippen LogP contribution >= 0.6 is 0 Å². The number of nitrogens with zero attached hydrogens (tertiary/aromatic N) is 1. The van der Waals surface area contributed by atoms with Gasteiger partial charge in [0.05, 0.1) is 13.0 Å². The molecule has 0 aliphatic heterocycles. The lowest BCUT2D eigenvalue weighted by Gasteiger charge is -2.31. The molecule has 0 saturated heterocycles. The first-order chi connectivity index (χ1) is 6.15. The van der Waals surface area contributed by atoms with Gasteiger partial charge in [0, 0.05) is 6.04 Å². The molecule has 3 heteroatoms. The van der Waals surface area contributed by atoms with Crippen LogP contribution in [0.25, 0.3) is 0 Å². The summed E-state index contributed by atoms with van der Waals surface area (Å²) in [6.07, 6.45) is 4.31. The minimum absolute atomic E-state index is 0.0356. The third-order valence-corrected chi connectivity index (χ3v) is 2.91. The zero-order valence-electron chi connectivity index (χ0n) is 8.75. The fourth-order valence-corrected chi connectivity index (χ4v) is 2.01. The lowest BCUT2D eigenvalue weighted by atomic mass is 9.85. The standard InChI is InChI=1S/C10H19NO2/c1-11(2)9-6-4-5-8(7-9)10(12)13-3/h8-9H,4-7H2,1-3H3/t8-,9+/m1/s1. The van der Waals surface area contributed by atoms with Gasteiger partial charge in [0.1, 0.15) is 0 Å². The summed E-state index contributed by atoms with van der Waals surface area (Å²) in [6, 6.07) is 0.554. The van der Waals surface area contributed by atoms with Crippen molar-refractivity contribution >= 4 is 5.97 Å². The van der Waals surface area contributed by atoms with Crippen LogP contribution in [0.5, 0.6) is 0 Å². The highest BCUT2D eigenvalue weighted by atomic mass is 16.5. The van der Waals surface area contributed by atoms with Gasteiger partial charge in [0.25, 0.3) is 0 Å². The van der Waals surface area contributed by atoms with Crippen molar-refractivity contribution in [1.82, 2.24) is 4.90 Å². The maximum Gasteiger partial charge on any atom is 0.308 e. The minimum Gasteiger partial charge on any atom is -0.469 e. The molecule has 76 valence electrons. The number of methoxy groups -OCH3 is 1. The lowest BCUT2D eigenvalue weighted by molar-refractivity contribution is -0.147. The Morgan fingerprint density at radius 2 is 2.08 bits per heavy atom. The zero-order chi connectivity index (χ0) is 9.84. The van der Waals surface area contributed by atoms with Crippen LogP contribution in [-0.4, -0.2) is 38.1 Å². The van der Waals surface area contributed by atoms with Crippen LogP contribution in [-0.2, 0) is 9.53 Å². The van der Waals surface area contributed by atoms with Gasteiger partial charge in [-0.3, -0.25) is 4.79 Å². The van der Waals surface area contributed by atoms with Gasteiger partial charge in [-0.2, -0.15) is 0 Å². The maximum atomic E-state index is 11.3. The normalized spacial score (nSPS) is 28.9. The molecule has 0 radical (unpaired) electrons. The lowest BCUT2D eigenvalue weighted by Crippen LogP contribution is -2.35. The van der Waals surface area contributed by atoms with Gasteiger partial charge in [0.2, 0.25) is 0 Å². The average Bonchev–Trinajstić information content (AvgIpc) is 2.17. The summed E-state index contributed by atoms with van der Waals surface area (Å²) >= 11 is 0. The highest BCUT2D eigenvalue weighted by molar-refractivity contribution is 5.72. The minimum atomic E-state index is -0.0356. The summed E-state index contributed by atoms with van der Waals surface area (Å²) in [6.45, 7) is 0.